The number of amides is 1. The summed E-state index contributed by atoms with van der Waals surface area (Å²) in [7, 11) is -3.85. The van der Waals surface area contributed by atoms with Gasteiger partial charge in [-0.1, -0.05) is 40.9 Å². The van der Waals surface area contributed by atoms with Crippen LogP contribution in [0.3, 0.4) is 0 Å². The van der Waals surface area contributed by atoms with Crippen molar-refractivity contribution in [2.24, 2.45) is 0 Å². The smallest absolute Gasteiger partial charge is 0.255 e. The number of benzene rings is 2. The average molecular weight is 480 g/mol. The van der Waals surface area contributed by atoms with E-state index in [4.69, 9.17) is 34.8 Å². The molecule has 0 aromatic heterocycles. The molecule has 1 saturated heterocycles. The lowest BCUT2D eigenvalue weighted by Gasteiger charge is -2.34. The Bertz CT molecular complexity index is 987. The van der Waals surface area contributed by atoms with Crippen LogP contribution >= 0.6 is 46.6 Å². The molecular formula is C18H17Cl3N2O3S2. The number of carbonyl (C=O) groups is 1. The average Bonchev–Trinajstić information content (AvgIpc) is 2.67. The molecule has 0 bridgehead atoms. The van der Waals surface area contributed by atoms with Crippen LogP contribution in [0.15, 0.2) is 46.2 Å². The van der Waals surface area contributed by atoms with Crippen molar-refractivity contribution in [2.75, 3.05) is 32.4 Å². The lowest BCUT2D eigenvalue weighted by molar-refractivity contribution is 0.0698. The molecule has 0 saturated carbocycles. The highest BCUT2D eigenvalue weighted by molar-refractivity contribution is 7.98. The molecule has 3 rings (SSSR count). The summed E-state index contributed by atoms with van der Waals surface area (Å²) in [6.07, 6.45) is 1.92. The van der Waals surface area contributed by atoms with Crippen LogP contribution in [0.25, 0.3) is 0 Å². The van der Waals surface area contributed by atoms with Crippen molar-refractivity contribution in [1.82, 2.24) is 9.21 Å². The molecule has 0 aliphatic carbocycles. The highest BCUT2D eigenvalue weighted by atomic mass is 35.5. The summed E-state index contributed by atoms with van der Waals surface area (Å²) in [6.45, 7) is 0.796. The van der Waals surface area contributed by atoms with Crippen molar-refractivity contribution in [3.8, 4) is 0 Å². The number of carbonyl (C=O) groups excluding carboxylic acids is 1. The molecule has 2 aromatic carbocycles. The fourth-order valence-corrected chi connectivity index (χ4v) is 6.11. The normalized spacial score (nSPS) is 15.6. The summed E-state index contributed by atoms with van der Waals surface area (Å²) in [5.74, 6) is -0.214. The molecule has 10 heteroatoms. The van der Waals surface area contributed by atoms with E-state index in [2.05, 4.69) is 0 Å². The van der Waals surface area contributed by atoms with Gasteiger partial charge in [0.25, 0.3) is 5.91 Å². The van der Waals surface area contributed by atoms with Crippen molar-refractivity contribution >= 4 is 62.5 Å². The summed E-state index contributed by atoms with van der Waals surface area (Å²) in [5, 5.41) is 0.527. The van der Waals surface area contributed by atoms with Gasteiger partial charge in [-0.3, -0.25) is 4.79 Å². The number of sulfonamides is 1. The van der Waals surface area contributed by atoms with E-state index in [0.717, 1.165) is 4.90 Å². The first-order valence-electron chi connectivity index (χ1n) is 8.32. The third kappa shape index (κ3) is 4.30. The van der Waals surface area contributed by atoms with Gasteiger partial charge in [0.15, 0.2) is 0 Å². The fraction of sp³-hybridized carbons (Fsp3) is 0.278. The zero-order valence-corrected chi connectivity index (χ0v) is 18.8. The zero-order chi connectivity index (χ0) is 20.5. The van der Waals surface area contributed by atoms with E-state index in [-0.39, 0.29) is 47.0 Å². The predicted octanol–water partition coefficient (Wildman–Crippen LogP) is 4.52. The molecule has 0 N–H and O–H groups in total. The second-order valence-corrected chi connectivity index (χ2v) is 10.1. The number of halogens is 3. The van der Waals surface area contributed by atoms with E-state index in [1.165, 1.54) is 28.2 Å². The molecule has 0 radical (unpaired) electrons. The number of piperazine rings is 1. The maximum Gasteiger partial charge on any atom is 0.255 e. The summed E-state index contributed by atoms with van der Waals surface area (Å²) >= 11 is 19.8. The Labute approximate surface area is 183 Å². The largest absolute Gasteiger partial charge is 0.336 e. The highest BCUT2D eigenvalue weighted by Gasteiger charge is 2.33. The lowest BCUT2D eigenvalue weighted by Crippen LogP contribution is -2.50. The Kier molecular flexibility index (Phi) is 6.84. The van der Waals surface area contributed by atoms with Crippen LogP contribution in [0, 0.1) is 0 Å². The second-order valence-electron chi connectivity index (χ2n) is 6.09. The van der Waals surface area contributed by atoms with Crippen molar-refractivity contribution in [1.29, 1.82) is 0 Å². The lowest BCUT2D eigenvalue weighted by atomic mass is 10.2. The van der Waals surface area contributed by atoms with Crippen molar-refractivity contribution in [2.45, 2.75) is 9.79 Å². The van der Waals surface area contributed by atoms with Gasteiger partial charge in [0.1, 0.15) is 4.90 Å². The molecule has 5 nitrogen and oxygen atoms in total. The van der Waals surface area contributed by atoms with Crippen LogP contribution in [0.5, 0.6) is 0 Å². The minimum atomic E-state index is -3.85. The van der Waals surface area contributed by atoms with Crippen LogP contribution in [0.4, 0.5) is 0 Å². The van der Waals surface area contributed by atoms with Crippen LogP contribution in [0.1, 0.15) is 10.4 Å². The predicted molar refractivity (Wildman–Crippen MR) is 114 cm³/mol. The molecule has 1 fully saturated rings. The van der Waals surface area contributed by atoms with Gasteiger partial charge in [0, 0.05) is 31.1 Å². The van der Waals surface area contributed by atoms with Gasteiger partial charge in [-0.2, -0.15) is 4.31 Å². The van der Waals surface area contributed by atoms with Crippen molar-refractivity contribution in [3.63, 3.8) is 0 Å². The summed E-state index contributed by atoms with van der Waals surface area (Å²) in [6, 6.07) is 9.86. The Balaban J connectivity index is 1.77. The van der Waals surface area contributed by atoms with Gasteiger partial charge in [-0.05, 0) is 36.6 Å². The van der Waals surface area contributed by atoms with Crippen LogP contribution in [0.2, 0.25) is 15.1 Å². The fourth-order valence-electron chi connectivity index (χ4n) is 2.96. The van der Waals surface area contributed by atoms with Gasteiger partial charge in [0.05, 0.1) is 20.6 Å². The molecule has 2 aromatic rings. The molecule has 1 aliphatic rings. The zero-order valence-electron chi connectivity index (χ0n) is 14.9. The number of thioether (sulfide) groups is 1. The number of rotatable bonds is 4. The van der Waals surface area contributed by atoms with Crippen LogP contribution < -0.4 is 0 Å². The molecule has 1 amide bonds. The Morgan fingerprint density at radius 3 is 2.14 bits per heavy atom. The number of hydrogen-bond donors (Lipinski definition) is 0. The van der Waals surface area contributed by atoms with Gasteiger partial charge < -0.3 is 4.90 Å². The van der Waals surface area contributed by atoms with E-state index in [1.807, 2.05) is 12.3 Å². The van der Waals surface area contributed by atoms with Crippen LogP contribution in [-0.4, -0.2) is 56.0 Å². The quantitative estimate of drug-likeness (QED) is 0.605. The summed E-state index contributed by atoms with van der Waals surface area (Å²) in [5.41, 5.74) is 0.416. The van der Waals surface area contributed by atoms with Gasteiger partial charge in [-0.15, -0.1) is 11.8 Å². The first-order valence-corrected chi connectivity index (χ1v) is 12.1. The minimum absolute atomic E-state index is 0.0756. The molecule has 0 atom stereocenters. The number of hydrogen-bond acceptors (Lipinski definition) is 4. The van der Waals surface area contributed by atoms with E-state index in [1.54, 1.807) is 23.1 Å². The first kappa shape index (κ1) is 21.7. The molecule has 0 unspecified atom stereocenters. The summed E-state index contributed by atoms with van der Waals surface area (Å²) < 4.78 is 27.2. The Hall–Kier alpha value is -0.960. The Morgan fingerprint density at radius 1 is 0.964 bits per heavy atom. The monoisotopic (exact) mass is 478 g/mol. The molecule has 1 aliphatic heterocycles. The van der Waals surface area contributed by atoms with E-state index in [9.17, 15) is 13.2 Å². The number of nitrogens with zero attached hydrogens (tertiary/aromatic N) is 2. The Morgan fingerprint density at radius 2 is 1.57 bits per heavy atom. The molecule has 28 heavy (non-hydrogen) atoms. The van der Waals surface area contributed by atoms with E-state index in [0.29, 0.717) is 10.6 Å². The topological polar surface area (TPSA) is 57.7 Å². The third-order valence-electron chi connectivity index (χ3n) is 4.45. The summed E-state index contributed by atoms with van der Waals surface area (Å²) in [4.78, 5) is 15.3. The maximum atomic E-state index is 12.9. The van der Waals surface area contributed by atoms with Crippen LogP contribution in [-0.2, 0) is 10.0 Å². The first-order chi connectivity index (χ1) is 13.3. The molecule has 150 valence electrons. The second kappa shape index (κ2) is 8.81. The van der Waals surface area contributed by atoms with E-state index < -0.39 is 10.0 Å². The van der Waals surface area contributed by atoms with Crippen molar-refractivity contribution < 1.29 is 13.2 Å². The third-order valence-corrected chi connectivity index (χ3v) is 8.36. The minimum Gasteiger partial charge on any atom is -0.336 e. The maximum absolute atomic E-state index is 12.9. The van der Waals surface area contributed by atoms with Gasteiger partial charge in [-0.25, -0.2) is 8.42 Å². The van der Waals surface area contributed by atoms with Crippen molar-refractivity contribution in [3.05, 3.63) is 57.0 Å². The SMILES string of the molecule is CSc1ccc(Cl)c(C(=O)N2CCN(S(=O)(=O)c3c(Cl)cccc3Cl)CC2)c1. The molecule has 0 spiro atoms. The van der Waals surface area contributed by atoms with E-state index >= 15 is 0 Å². The molecular weight excluding hydrogens is 463 g/mol. The standard InChI is InChI=1S/C18H17Cl3N2O3S2/c1-27-12-5-6-14(19)13(11-12)18(24)22-7-9-23(10-8-22)28(25,26)17-15(20)3-2-4-16(17)21/h2-6,11H,7-10H2,1H3. The van der Waals surface area contributed by atoms with Gasteiger partial charge >= 0.3 is 0 Å². The molecule has 1 heterocycles. The highest BCUT2D eigenvalue weighted by Crippen LogP contribution is 2.32. The van der Waals surface area contributed by atoms with Gasteiger partial charge in [0.2, 0.25) is 10.0 Å².